The Morgan fingerprint density at radius 2 is 1.59 bits per heavy atom. The minimum Gasteiger partial charge on any atom is -0.360 e. The van der Waals surface area contributed by atoms with Crippen LogP contribution in [-0.4, -0.2) is 52.3 Å². The molecule has 208 valence electrons. The van der Waals surface area contributed by atoms with Crippen LogP contribution in [0.2, 0.25) is 5.02 Å². The molecule has 0 bridgehead atoms. The molecule has 5 aromatic rings. The molecular weight excluding hydrogens is 538 g/mol. The van der Waals surface area contributed by atoms with E-state index in [1.165, 1.54) is 0 Å². The normalized spacial score (nSPS) is 11.0. The first-order valence-electron chi connectivity index (χ1n) is 13.2. The summed E-state index contributed by atoms with van der Waals surface area (Å²) in [6.45, 7) is 0.852. The number of hydrogen-bond acceptors (Lipinski definition) is 6. The molecule has 0 aliphatic heterocycles. The Kier molecular flexibility index (Phi) is 8.57. The topological polar surface area (TPSA) is 115 Å². The van der Waals surface area contributed by atoms with Gasteiger partial charge in [-0.2, -0.15) is 0 Å². The zero-order chi connectivity index (χ0) is 28.8. The Morgan fingerprint density at radius 1 is 0.902 bits per heavy atom. The second kappa shape index (κ2) is 12.6. The second-order valence-corrected chi connectivity index (χ2v) is 10.2. The molecule has 0 radical (unpaired) electrons. The van der Waals surface area contributed by atoms with Crippen LogP contribution in [0.25, 0.3) is 22.2 Å². The molecule has 41 heavy (non-hydrogen) atoms. The van der Waals surface area contributed by atoms with E-state index in [9.17, 15) is 9.59 Å². The molecule has 0 unspecified atom stereocenters. The Hall–Kier alpha value is -4.73. The Morgan fingerprint density at radius 3 is 2.34 bits per heavy atom. The Balaban J connectivity index is 1.18. The van der Waals surface area contributed by atoms with Gasteiger partial charge in [0.05, 0.1) is 16.9 Å². The summed E-state index contributed by atoms with van der Waals surface area (Å²) in [6.07, 6.45) is 4.69. The number of H-pyrrole nitrogens is 1. The minimum absolute atomic E-state index is 0.0454. The fourth-order valence-corrected chi connectivity index (χ4v) is 4.53. The van der Waals surface area contributed by atoms with Gasteiger partial charge in [0.15, 0.2) is 0 Å². The first-order chi connectivity index (χ1) is 19.9. The van der Waals surface area contributed by atoms with E-state index in [0.29, 0.717) is 40.0 Å². The number of benzene rings is 3. The summed E-state index contributed by atoms with van der Waals surface area (Å²) in [5.41, 5.74) is 5.04. The van der Waals surface area contributed by atoms with Gasteiger partial charge in [-0.1, -0.05) is 29.8 Å². The lowest BCUT2D eigenvalue weighted by atomic mass is 10.1. The van der Waals surface area contributed by atoms with Crippen LogP contribution in [0.3, 0.4) is 0 Å². The monoisotopic (exact) mass is 567 g/mol. The SMILES string of the molecule is CN(C)CCCC(=O)Nc1ccc(C(=O)Nc2ccc(Nc3ncc(Cl)c(-c4c[nH]c5ccccc45)n3)cc2)cc1. The van der Waals surface area contributed by atoms with Crippen molar-refractivity contribution in [3.63, 3.8) is 0 Å². The summed E-state index contributed by atoms with van der Waals surface area (Å²) in [4.78, 5) is 39.1. The van der Waals surface area contributed by atoms with Gasteiger partial charge in [-0.05, 0) is 81.7 Å². The van der Waals surface area contributed by atoms with E-state index in [0.717, 1.165) is 35.1 Å². The number of carbonyl (C=O) groups excluding carboxylic acids is 2. The highest BCUT2D eigenvalue weighted by Crippen LogP contribution is 2.32. The van der Waals surface area contributed by atoms with Crippen molar-refractivity contribution < 1.29 is 9.59 Å². The number of aromatic amines is 1. The summed E-state index contributed by atoms with van der Waals surface area (Å²) < 4.78 is 0. The number of para-hydroxylation sites is 1. The molecule has 0 spiro atoms. The van der Waals surface area contributed by atoms with Crippen molar-refractivity contribution in [3.8, 4) is 11.3 Å². The molecule has 0 atom stereocenters. The van der Waals surface area contributed by atoms with Gasteiger partial charge in [-0.3, -0.25) is 9.59 Å². The first kappa shape index (κ1) is 27.8. The molecular formula is C31H30ClN7O2. The van der Waals surface area contributed by atoms with Gasteiger partial charge in [0, 0.05) is 51.7 Å². The Bertz CT molecular complexity index is 1660. The number of anilines is 4. The maximum absolute atomic E-state index is 12.7. The molecule has 3 aromatic carbocycles. The van der Waals surface area contributed by atoms with Gasteiger partial charge in [0.25, 0.3) is 5.91 Å². The van der Waals surface area contributed by atoms with Gasteiger partial charge < -0.3 is 25.8 Å². The lowest BCUT2D eigenvalue weighted by Gasteiger charge is -2.10. The van der Waals surface area contributed by atoms with Crippen molar-refractivity contribution in [1.82, 2.24) is 19.9 Å². The quantitative estimate of drug-likeness (QED) is 0.152. The average Bonchev–Trinajstić information content (AvgIpc) is 3.39. The fraction of sp³-hybridized carbons (Fsp3) is 0.161. The van der Waals surface area contributed by atoms with Crippen molar-refractivity contribution in [2.24, 2.45) is 0 Å². The summed E-state index contributed by atoms with van der Waals surface area (Å²) in [5.74, 6) is 0.103. The number of rotatable bonds is 10. The zero-order valence-corrected chi connectivity index (χ0v) is 23.5. The molecule has 0 aliphatic carbocycles. The highest BCUT2D eigenvalue weighted by molar-refractivity contribution is 6.33. The highest BCUT2D eigenvalue weighted by Gasteiger charge is 2.13. The van der Waals surface area contributed by atoms with Crippen LogP contribution in [-0.2, 0) is 4.79 Å². The molecule has 5 rings (SSSR count). The predicted molar refractivity (Wildman–Crippen MR) is 165 cm³/mol. The van der Waals surface area contributed by atoms with Crippen LogP contribution in [0, 0.1) is 0 Å². The van der Waals surface area contributed by atoms with Crippen LogP contribution < -0.4 is 16.0 Å². The number of aromatic nitrogens is 3. The lowest BCUT2D eigenvalue weighted by Crippen LogP contribution is -2.17. The fourth-order valence-electron chi connectivity index (χ4n) is 4.34. The lowest BCUT2D eigenvalue weighted by molar-refractivity contribution is -0.116. The molecule has 2 aromatic heterocycles. The summed E-state index contributed by atoms with van der Waals surface area (Å²) in [5, 5.41) is 10.4. The average molecular weight is 568 g/mol. The first-order valence-corrected chi connectivity index (χ1v) is 13.6. The summed E-state index contributed by atoms with van der Waals surface area (Å²) in [7, 11) is 3.95. The van der Waals surface area contributed by atoms with Crippen LogP contribution in [0.4, 0.5) is 23.0 Å². The van der Waals surface area contributed by atoms with Crippen molar-refractivity contribution in [2.45, 2.75) is 12.8 Å². The molecule has 9 nitrogen and oxygen atoms in total. The van der Waals surface area contributed by atoms with Crippen LogP contribution in [0.1, 0.15) is 23.2 Å². The number of fused-ring (bicyclic) bond motifs is 1. The van der Waals surface area contributed by atoms with Gasteiger partial charge in [0.1, 0.15) is 0 Å². The predicted octanol–water partition coefficient (Wildman–Crippen LogP) is 6.55. The number of carbonyl (C=O) groups is 2. The molecule has 0 saturated heterocycles. The highest BCUT2D eigenvalue weighted by atomic mass is 35.5. The third kappa shape index (κ3) is 7.08. The van der Waals surface area contributed by atoms with Crippen molar-refractivity contribution >= 4 is 57.3 Å². The minimum atomic E-state index is -0.251. The molecule has 4 N–H and O–H groups in total. The maximum atomic E-state index is 12.7. The largest absolute Gasteiger partial charge is 0.360 e. The number of nitrogens with zero attached hydrogens (tertiary/aromatic N) is 3. The van der Waals surface area contributed by atoms with E-state index < -0.39 is 0 Å². The maximum Gasteiger partial charge on any atom is 0.255 e. The molecule has 10 heteroatoms. The standard InChI is InChI=1S/C31H30ClN7O2/c1-39(2)17-5-8-28(40)35-21-11-9-20(10-12-21)30(41)36-22-13-15-23(16-14-22)37-31-34-19-26(32)29(38-31)25-18-33-27-7-4-3-6-24(25)27/h3-4,6-7,9-16,18-19,33H,5,8,17H2,1-2H3,(H,35,40)(H,36,41)(H,34,37,38). The molecule has 2 heterocycles. The number of hydrogen-bond donors (Lipinski definition) is 4. The van der Waals surface area contributed by atoms with E-state index in [-0.39, 0.29) is 11.8 Å². The number of amides is 2. The van der Waals surface area contributed by atoms with Crippen molar-refractivity contribution in [2.75, 3.05) is 36.6 Å². The van der Waals surface area contributed by atoms with Crippen LogP contribution in [0.15, 0.2) is 85.2 Å². The van der Waals surface area contributed by atoms with Gasteiger partial charge >= 0.3 is 0 Å². The molecule has 2 amide bonds. The van der Waals surface area contributed by atoms with Gasteiger partial charge in [-0.15, -0.1) is 0 Å². The van der Waals surface area contributed by atoms with E-state index >= 15 is 0 Å². The Labute approximate surface area is 243 Å². The van der Waals surface area contributed by atoms with E-state index in [1.807, 2.05) is 61.6 Å². The van der Waals surface area contributed by atoms with Gasteiger partial charge in [0.2, 0.25) is 11.9 Å². The van der Waals surface area contributed by atoms with E-state index in [2.05, 4.69) is 30.9 Å². The number of nitrogens with one attached hydrogen (secondary N) is 4. The van der Waals surface area contributed by atoms with Crippen molar-refractivity contribution in [3.05, 3.63) is 95.8 Å². The third-order valence-electron chi connectivity index (χ3n) is 6.43. The summed E-state index contributed by atoms with van der Waals surface area (Å²) in [6, 6.07) is 22.0. The molecule has 0 saturated carbocycles. The second-order valence-electron chi connectivity index (χ2n) is 9.83. The third-order valence-corrected chi connectivity index (χ3v) is 6.70. The van der Waals surface area contributed by atoms with Crippen LogP contribution >= 0.6 is 11.6 Å². The van der Waals surface area contributed by atoms with Gasteiger partial charge in [-0.25, -0.2) is 9.97 Å². The smallest absolute Gasteiger partial charge is 0.255 e. The van der Waals surface area contributed by atoms with Crippen LogP contribution in [0.5, 0.6) is 0 Å². The zero-order valence-electron chi connectivity index (χ0n) is 22.7. The number of halogens is 1. The van der Waals surface area contributed by atoms with E-state index in [4.69, 9.17) is 11.6 Å². The summed E-state index contributed by atoms with van der Waals surface area (Å²) >= 11 is 6.44. The molecule has 0 fully saturated rings. The van der Waals surface area contributed by atoms with E-state index in [1.54, 1.807) is 42.6 Å². The molecule has 0 aliphatic rings. The van der Waals surface area contributed by atoms with Crippen molar-refractivity contribution in [1.29, 1.82) is 0 Å².